The van der Waals surface area contributed by atoms with E-state index in [1.807, 2.05) is 0 Å². The lowest BCUT2D eigenvalue weighted by Crippen LogP contribution is -2.10. The molecule has 0 bridgehead atoms. The Morgan fingerprint density at radius 2 is 1.16 bits per heavy atom. The van der Waals surface area contributed by atoms with E-state index in [1.54, 1.807) is 0 Å². The van der Waals surface area contributed by atoms with Crippen LogP contribution in [-0.2, 0) is 6.42 Å². The van der Waals surface area contributed by atoms with Crippen molar-refractivity contribution < 1.29 is 14.6 Å². The summed E-state index contributed by atoms with van der Waals surface area (Å²) in [5, 5.41) is 9.13. The van der Waals surface area contributed by atoms with E-state index in [-0.39, 0.29) is 6.61 Å². The average molecular weight is 449 g/mol. The van der Waals surface area contributed by atoms with Crippen LogP contribution in [0.1, 0.15) is 108 Å². The first-order valence-electron chi connectivity index (χ1n) is 13.2. The number of ether oxygens (including phenoxy) is 2. The lowest BCUT2D eigenvalue weighted by atomic mass is 9.92. The minimum Gasteiger partial charge on any atom is -0.493 e. The summed E-state index contributed by atoms with van der Waals surface area (Å²) in [6, 6.07) is 0. The van der Waals surface area contributed by atoms with Crippen molar-refractivity contribution in [3.05, 3.63) is 22.3 Å². The highest BCUT2D eigenvalue weighted by atomic mass is 16.5. The van der Waals surface area contributed by atoms with E-state index in [9.17, 15) is 0 Å². The van der Waals surface area contributed by atoms with Crippen LogP contribution in [0.4, 0.5) is 0 Å². The summed E-state index contributed by atoms with van der Waals surface area (Å²) < 4.78 is 12.2. The zero-order valence-electron chi connectivity index (χ0n) is 22.5. The molecule has 1 rings (SSSR count). The maximum Gasteiger partial charge on any atom is 0.126 e. The number of hydrogen-bond donors (Lipinski definition) is 1. The molecule has 0 aliphatic heterocycles. The van der Waals surface area contributed by atoms with Crippen LogP contribution < -0.4 is 9.47 Å². The molecule has 0 spiro atoms. The Labute approximate surface area is 199 Å². The highest BCUT2D eigenvalue weighted by molar-refractivity contribution is 5.58. The minimum atomic E-state index is 0.0346. The Hall–Kier alpha value is -1.22. The van der Waals surface area contributed by atoms with Gasteiger partial charge in [0, 0.05) is 5.56 Å². The smallest absolute Gasteiger partial charge is 0.126 e. The van der Waals surface area contributed by atoms with E-state index >= 15 is 0 Å². The maximum atomic E-state index is 9.13. The Morgan fingerprint density at radius 1 is 0.656 bits per heavy atom. The second-order valence-corrected chi connectivity index (χ2v) is 10.4. The van der Waals surface area contributed by atoms with Gasteiger partial charge in [0.05, 0.1) is 13.2 Å². The van der Waals surface area contributed by atoms with Gasteiger partial charge in [0.25, 0.3) is 0 Å². The van der Waals surface area contributed by atoms with Gasteiger partial charge in [0.1, 0.15) is 18.1 Å². The van der Waals surface area contributed by atoms with E-state index in [0.29, 0.717) is 6.61 Å². The van der Waals surface area contributed by atoms with Gasteiger partial charge in [-0.3, -0.25) is 0 Å². The van der Waals surface area contributed by atoms with Gasteiger partial charge in [-0.2, -0.15) is 0 Å². The third-order valence-corrected chi connectivity index (χ3v) is 6.96. The summed E-state index contributed by atoms with van der Waals surface area (Å²) in [6.07, 6.45) is 11.5. The monoisotopic (exact) mass is 448 g/mol. The van der Waals surface area contributed by atoms with E-state index in [2.05, 4.69) is 55.4 Å². The second-order valence-electron chi connectivity index (χ2n) is 10.4. The summed E-state index contributed by atoms with van der Waals surface area (Å²) in [5.41, 5.74) is 4.68. The molecular weight excluding hydrogens is 396 g/mol. The molecule has 0 saturated carbocycles. The van der Waals surface area contributed by atoms with Gasteiger partial charge >= 0.3 is 0 Å². The van der Waals surface area contributed by atoms with Gasteiger partial charge in [-0.1, -0.05) is 73.1 Å². The van der Waals surface area contributed by atoms with Crippen molar-refractivity contribution in [2.24, 2.45) is 17.8 Å². The first-order chi connectivity index (χ1) is 15.2. The van der Waals surface area contributed by atoms with Crippen molar-refractivity contribution in [3.63, 3.8) is 0 Å². The number of aliphatic hydroxyl groups is 1. The Morgan fingerprint density at radius 3 is 1.69 bits per heavy atom. The molecule has 2 atom stereocenters. The summed E-state index contributed by atoms with van der Waals surface area (Å²) in [5.74, 6) is 4.43. The zero-order valence-corrected chi connectivity index (χ0v) is 22.5. The van der Waals surface area contributed by atoms with E-state index in [1.165, 1.54) is 56.1 Å². The standard InChI is InChI=1S/C29H52O3/c1-9-27-26(8)28(32-20-18-30)24(6)25(7)29(27)31-19-12-17-23(5)16-11-15-22(4)14-10-13-21(2)3/h21-23,30H,9-20H2,1-8H3/t22-,23-/m1/s1. The van der Waals surface area contributed by atoms with Crippen LogP contribution in [0.25, 0.3) is 0 Å². The molecular formula is C29H52O3. The molecule has 0 unspecified atom stereocenters. The predicted molar refractivity (Wildman–Crippen MR) is 138 cm³/mol. The molecule has 0 heterocycles. The Kier molecular flexibility index (Phi) is 14.0. The molecule has 1 aromatic carbocycles. The minimum absolute atomic E-state index is 0.0346. The average Bonchev–Trinajstić information content (AvgIpc) is 2.74. The molecule has 0 aliphatic rings. The SMILES string of the molecule is CCc1c(C)c(OCCO)c(C)c(C)c1OCCC[C@H](C)CCC[C@H](C)CCCC(C)C. The lowest BCUT2D eigenvalue weighted by molar-refractivity contribution is 0.199. The predicted octanol–water partition coefficient (Wildman–Crippen LogP) is 7.97. The molecule has 1 aromatic rings. The molecule has 0 fully saturated rings. The molecule has 1 N–H and O–H groups in total. The normalized spacial score (nSPS) is 13.4. The zero-order chi connectivity index (χ0) is 24.1. The highest BCUT2D eigenvalue weighted by Gasteiger charge is 2.18. The van der Waals surface area contributed by atoms with Crippen LogP contribution in [0.3, 0.4) is 0 Å². The van der Waals surface area contributed by atoms with Crippen molar-refractivity contribution in [3.8, 4) is 11.5 Å². The third kappa shape index (κ3) is 9.73. The van der Waals surface area contributed by atoms with Gasteiger partial charge in [0.2, 0.25) is 0 Å². The van der Waals surface area contributed by atoms with Crippen LogP contribution in [0.2, 0.25) is 0 Å². The van der Waals surface area contributed by atoms with Crippen molar-refractivity contribution in [1.29, 1.82) is 0 Å². The van der Waals surface area contributed by atoms with Crippen molar-refractivity contribution in [2.75, 3.05) is 19.8 Å². The summed E-state index contributed by atoms with van der Waals surface area (Å²) in [7, 11) is 0. The van der Waals surface area contributed by atoms with Gasteiger partial charge in [-0.25, -0.2) is 0 Å². The van der Waals surface area contributed by atoms with E-state index in [0.717, 1.165) is 59.8 Å². The molecule has 32 heavy (non-hydrogen) atoms. The molecule has 3 nitrogen and oxygen atoms in total. The van der Waals surface area contributed by atoms with E-state index < -0.39 is 0 Å². The fourth-order valence-electron chi connectivity index (χ4n) is 4.72. The van der Waals surface area contributed by atoms with Crippen molar-refractivity contribution in [2.45, 2.75) is 113 Å². The maximum absolute atomic E-state index is 9.13. The quantitative estimate of drug-likeness (QED) is 0.246. The molecule has 186 valence electrons. The highest BCUT2D eigenvalue weighted by Crippen LogP contribution is 2.38. The number of aliphatic hydroxyl groups excluding tert-OH is 1. The Bertz CT molecular complexity index is 651. The van der Waals surface area contributed by atoms with Crippen LogP contribution in [0, 0.1) is 38.5 Å². The van der Waals surface area contributed by atoms with Crippen LogP contribution in [0.5, 0.6) is 11.5 Å². The molecule has 0 amide bonds. The number of benzene rings is 1. The number of hydrogen-bond acceptors (Lipinski definition) is 3. The van der Waals surface area contributed by atoms with Gasteiger partial charge in [-0.05, 0) is 74.5 Å². The molecule has 0 radical (unpaired) electrons. The summed E-state index contributed by atoms with van der Waals surface area (Å²) in [6.45, 7) is 19.1. The van der Waals surface area contributed by atoms with Crippen molar-refractivity contribution >= 4 is 0 Å². The van der Waals surface area contributed by atoms with Gasteiger partial charge < -0.3 is 14.6 Å². The Balaban J connectivity index is 2.45. The molecule has 3 heteroatoms. The van der Waals surface area contributed by atoms with Crippen molar-refractivity contribution in [1.82, 2.24) is 0 Å². The fourth-order valence-corrected chi connectivity index (χ4v) is 4.72. The summed E-state index contributed by atoms with van der Waals surface area (Å²) >= 11 is 0. The van der Waals surface area contributed by atoms with Gasteiger partial charge in [0.15, 0.2) is 0 Å². The second kappa shape index (κ2) is 15.6. The number of rotatable bonds is 17. The van der Waals surface area contributed by atoms with E-state index in [4.69, 9.17) is 14.6 Å². The first kappa shape index (κ1) is 28.8. The van der Waals surface area contributed by atoms with Crippen LogP contribution in [0.15, 0.2) is 0 Å². The van der Waals surface area contributed by atoms with Crippen LogP contribution >= 0.6 is 0 Å². The topological polar surface area (TPSA) is 38.7 Å². The molecule has 0 aliphatic carbocycles. The molecule has 0 aromatic heterocycles. The van der Waals surface area contributed by atoms with Crippen LogP contribution in [-0.4, -0.2) is 24.9 Å². The fraction of sp³-hybridized carbons (Fsp3) is 0.793. The molecule has 0 saturated heterocycles. The lowest BCUT2D eigenvalue weighted by Gasteiger charge is -2.22. The third-order valence-electron chi connectivity index (χ3n) is 6.96. The largest absolute Gasteiger partial charge is 0.493 e. The summed E-state index contributed by atoms with van der Waals surface area (Å²) in [4.78, 5) is 0. The van der Waals surface area contributed by atoms with Gasteiger partial charge in [-0.15, -0.1) is 0 Å². The first-order valence-corrected chi connectivity index (χ1v) is 13.2.